The molecule has 0 aromatic rings. The lowest BCUT2D eigenvalue weighted by molar-refractivity contribution is -0.885. The van der Waals surface area contributed by atoms with Gasteiger partial charge in [-0.1, -0.05) is 0 Å². The van der Waals surface area contributed by atoms with Crippen LogP contribution in [0.5, 0.6) is 0 Å². The predicted molar refractivity (Wildman–Crippen MR) is 101 cm³/mol. The summed E-state index contributed by atoms with van der Waals surface area (Å²) in [6, 6.07) is 0. The van der Waals surface area contributed by atoms with E-state index in [9.17, 15) is 120 Å². The molecule has 288 valence electrons. The first-order chi connectivity index (χ1) is 20.4. The summed E-state index contributed by atoms with van der Waals surface area (Å²) in [4.78, 5) is 10.5. The van der Waals surface area contributed by atoms with Gasteiger partial charge in [0.25, 0.3) is 0 Å². The van der Waals surface area contributed by atoms with Crippen LogP contribution in [0.3, 0.4) is 0 Å². The fourth-order valence-electron chi connectivity index (χ4n) is 3.46. The van der Waals surface area contributed by atoms with Gasteiger partial charge >= 0.3 is 71.3 Å². The molecule has 48 heavy (non-hydrogen) atoms. The molecule has 0 bridgehead atoms. The van der Waals surface area contributed by atoms with Crippen molar-refractivity contribution < 1.29 is 124 Å². The molecule has 0 N–H and O–H groups in total. The summed E-state index contributed by atoms with van der Waals surface area (Å²) in [5, 5.41) is 10.5. The minimum absolute atomic E-state index is 0.658. The highest BCUT2D eigenvalue weighted by Crippen LogP contribution is 2.67. The molecule has 0 aromatic carbocycles. The molecule has 0 aliphatic carbocycles. The number of hydrogen-bond acceptors (Lipinski definition) is 2. The normalized spacial score (nSPS) is 16.4. The third kappa shape index (κ3) is 6.50. The predicted octanol–water partition coefficient (Wildman–Crippen LogP) is 7.53. The lowest BCUT2D eigenvalue weighted by atomic mass is 9.84. The van der Waals surface area contributed by atoms with E-state index in [1.165, 1.54) is 0 Å². The topological polar surface area (TPSA) is 40.1 Å². The van der Waals surface area contributed by atoms with Gasteiger partial charge in [-0.25, -0.2) is 0 Å². The Labute approximate surface area is 249 Å². The maximum absolute atomic E-state index is 14.0. The van der Waals surface area contributed by atoms with E-state index in [0.717, 1.165) is 14.1 Å². The smallest absolute Gasteiger partial charge is 0.460 e. The Balaban J connectivity index is 6.89. The fraction of sp³-hybridized carbons (Fsp3) is 0.950. The van der Waals surface area contributed by atoms with E-state index in [4.69, 9.17) is 0 Å². The number of carbonyl (C=O) groups is 1. The number of quaternary nitrogens is 1. The van der Waals surface area contributed by atoms with E-state index in [2.05, 4.69) is 0 Å². The van der Waals surface area contributed by atoms with Crippen molar-refractivity contribution in [2.75, 3.05) is 27.2 Å². The Bertz CT molecular complexity index is 1150. The van der Waals surface area contributed by atoms with Crippen molar-refractivity contribution in [3.05, 3.63) is 0 Å². The Hall–Kier alpha value is -2.32. The summed E-state index contributed by atoms with van der Waals surface area (Å²) in [7, 11) is 2.00. The molecule has 0 saturated heterocycles. The van der Waals surface area contributed by atoms with Gasteiger partial charge < -0.3 is 14.4 Å². The number of unbranched alkanes of at least 4 members (excludes halogenated alkanes) is 1. The zero-order chi connectivity index (χ0) is 39.6. The van der Waals surface area contributed by atoms with E-state index in [1.54, 1.807) is 0 Å². The second kappa shape index (κ2) is 12.2. The summed E-state index contributed by atoms with van der Waals surface area (Å²) >= 11 is 0. The number of carboxylic acids is 1. The molecule has 0 heterocycles. The summed E-state index contributed by atoms with van der Waals surface area (Å²) in [6.45, 7) is -1.59. The van der Waals surface area contributed by atoms with Crippen LogP contribution in [0, 0.1) is 0 Å². The second-order valence-corrected chi connectivity index (χ2v) is 10.6. The van der Waals surface area contributed by atoms with Crippen LogP contribution in [0.4, 0.5) is 110 Å². The first-order valence-corrected chi connectivity index (χ1v) is 11.6. The molecule has 0 atom stereocenters. The molecule has 0 spiro atoms. The van der Waals surface area contributed by atoms with Crippen LogP contribution in [-0.2, 0) is 4.79 Å². The average molecular weight is 777 g/mol. The van der Waals surface area contributed by atoms with Crippen molar-refractivity contribution >= 4 is 5.97 Å². The highest BCUT2D eigenvalue weighted by molar-refractivity contribution is 5.65. The van der Waals surface area contributed by atoms with Crippen LogP contribution in [0.25, 0.3) is 0 Å². The summed E-state index contributed by atoms with van der Waals surface area (Å²) in [6.07, 6.45) is -13.5. The lowest BCUT2D eigenvalue weighted by Gasteiger charge is -2.45. The van der Waals surface area contributed by atoms with E-state index >= 15 is 0 Å². The second-order valence-electron chi connectivity index (χ2n) is 10.6. The minimum atomic E-state index is -9.62. The summed E-state index contributed by atoms with van der Waals surface area (Å²) in [5.74, 6) is -100. The number of hydrogen-bond donors (Lipinski definition) is 0. The maximum Gasteiger partial charge on any atom is 0.460 e. The number of likely N-dealkylation sites (N-methyl/N-ethyl adjacent to an activating group) is 1. The highest BCUT2D eigenvalue weighted by atomic mass is 19.4. The van der Waals surface area contributed by atoms with Crippen molar-refractivity contribution in [3.63, 3.8) is 0 Å². The number of carboxylic acid groups (broad SMARTS) is 1. The molecule has 0 radical (unpaired) electrons. The minimum Gasteiger partial charge on any atom is -0.544 e. The molecular formula is C20H16F25NO2. The molecule has 0 amide bonds. The number of nitrogens with zero attached hydrogens (tertiary/aromatic N) is 1. The fourth-order valence-corrected chi connectivity index (χ4v) is 3.46. The molecule has 28 heteroatoms. The summed E-state index contributed by atoms with van der Waals surface area (Å²) < 4.78 is 336. The summed E-state index contributed by atoms with van der Waals surface area (Å²) in [5.41, 5.74) is 0. The third-order valence-corrected chi connectivity index (χ3v) is 6.43. The standard InChI is InChI=1S/C20H16F25NO2/c1-46(2,7-8(47)48)6-4-3-5-9(21,22)10(23,24)11(25,26)12(27,28)13(29,30)14(31,32)15(33,34)16(35,36)17(37,38)18(39,40)19(41,42)20(43,44)45/h3-7H2,1-2H3. The van der Waals surface area contributed by atoms with Gasteiger partial charge in [0, 0.05) is 6.42 Å². The number of carbonyl (C=O) groups excluding carboxylic acids is 1. The molecule has 0 fully saturated rings. The van der Waals surface area contributed by atoms with Gasteiger partial charge in [-0.3, -0.25) is 0 Å². The van der Waals surface area contributed by atoms with Crippen LogP contribution in [-0.4, -0.2) is 109 Å². The van der Waals surface area contributed by atoms with Gasteiger partial charge in [-0.2, -0.15) is 110 Å². The van der Waals surface area contributed by atoms with Crippen molar-refractivity contribution in [3.8, 4) is 0 Å². The van der Waals surface area contributed by atoms with E-state index in [0.29, 0.717) is 0 Å². The average Bonchev–Trinajstić information content (AvgIpc) is 2.83. The molecular weight excluding hydrogens is 761 g/mol. The Morgan fingerprint density at radius 2 is 0.688 bits per heavy atom. The van der Waals surface area contributed by atoms with Crippen molar-refractivity contribution in [2.24, 2.45) is 0 Å². The zero-order valence-electron chi connectivity index (χ0n) is 22.7. The van der Waals surface area contributed by atoms with Crippen LogP contribution in [0.15, 0.2) is 0 Å². The van der Waals surface area contributed by atoms with Crippen LogP contribution in [0.1, 0.15) is 19.3 Å². The van der Waals surface area contributed by atoms with E-state index in [-0.39, 0.29) is 0 Å². The Morgan fingerprint density at radius 3 is 0.938 bits per heavy atom. The third-order valence-electron chi connectivity index (χ3n) is 6.43. The van der Waals surface area contributed by atoms with Crippen molar-refractivity contribution in [2.45, 2.75) is 90.6 Å². The van der Waals surface area contributed by atoms with E-state index in [1.807, 2.05) is 0 Å². The monoisotopic (exact) mass is 777 g/mol. The first kappa shape index (κ1) is 45.7. The molecule has 0 aliphatic heterocycles. The van der Waals surface area contributed by atoms with Crippen molar-refractivity contribution in [1.82, 2.24) is 0 Å². The van der Waals surface area contributed by atoms with Gasteiger partial charge in [0.2, 0.25) is 0 Å². The molecule has 0 aromatic heterocycles. The molecule has 0 unspecified atom stereocenters. The van der Waals surface area contributed by atoms with Gasteiger partial charge in [0.1, 0.15) is 6.54 Å². The number of aliphatic carboxylic acids is 1. The molecule has 0 rings (SSSR count). The lowest BCUT2D eigenvalue weighted by Crippen LogP contribution is -2.78. The van der Waals surface area contributed by atoms with Gasteiger partial charge in [-0.15, -0.1) is 0 Å². The van der Waals surface area contributed by atoms with Gasteiger partial charge in [-0.05, 0) is 12.8 Å². The highest BCUT2D eigenvalue weighted by Gasteiger charge is 2.99. The SMILES string of the molecule is C[N+](C)(CCCCC(F)(F)C(F)(F)C(F)(F)C(F)(F)C(F)(F)C(F)(F)C(F)(F)C(F)(F)C(F)(F)C(F)(F)C(F)(F)C(F)(F)F)CC(=O)[O-]. The quantitative estimate of drug-likeness (QED) is 0.0872. The number of rotatable bonds is 17. The molecule has 3 nitrogen and oxygen atoms in total. The molecule has 0 saturated carbocycles. The van der Waals surface area contributed by atoms with Gasteiger partial charge in [0.05, 0.1) is 26.6 Å². The number of alkyl halides is 25. The Kier molecular flexibility index (Phi) is 11.6. The first-order valence-electron chi connectivity index (χ1n) is 11.6. The Morgan fingerprint density at radius 1 is 0.438 bits per heavy atom. The maximum atomic E-state index is 14.0. The largest absolute Gasteiger partial charge is 0.544 e. The van der Waals surface area contributed by atoms with Crippen LogP contribution < -0.4 is 5.11 Å². The number of halogens is 25. The zero-order valence-corrected chi connectivity index (χ0v) is 22.7. The molecule has 0 aliphatic rings. The van der Waals surface area contributed by atoms with Crippen LogP contribution in [0.2, 0.25) is 0 Å². The van der Waals surface area contributed by atoms with Gasteiger partial charge in [0.15, 0.2) is 0 Å². The van der Waals surface area contributed by atoms with E-state index < -0.39 is 114 Å². The van der Waals surface area contributed by atoms with Crippen molar-refractivity contribution in [1.29, 1.82) is 0 Å². The van der Waals surface area contributed by atoms with Crippen LogP contribution >= 0.6 is 0 Å².